The summed E-state index contributed by atoms with van der Waals surface area (Å²) in [6, 6.07) is 2.65. The molecule has 0 fully saturated rings. The highest BCUT2D eigenvalue weighted by molar-refractivity contribution is 9.10. The Morgan fingerprint density at radius 3 is 2.60 bits per heavy atom. The van der Waals surface area contributed by atoms with E-state index in [4.69, 9.17) is 12.2 Å². The minimum Gasteiger partial charge on any atom is -0.336 e. The molecule has 1 N–H and O–H groups in total. The molecule has 2 rings (SSSR count). The third-order valence-corrected chi connectivity index (χ3v) is 3.44. The first-order valence-corrected chi connectivity index (χ1v) is 5.79. The normalized spacial score (nSPS) is 12.3. The number of benzene rings is 1. The van der Waals surface area contributed by atoms with Gasteiger partial charge in [0.1, 0.15) is 0 Å². The smallest absolute Gasteiger partial charge is 0.336 e. The number of halogens is 4. The van der Waals surface area contributed by atoms with Gasteiger partial charge in [0.05, 0.1) is 15.8 Å². The molecule has 0 spiro atoms. The third-order valence-electron chi connectivity index (χ3n) is 1.80. The molecule has 1 heterocycles. The lowest BCUT2D eigenvalue weighted by molar-refractivity contribution is -0.136. The van der Waals surface area contributed by atoms with E-state index in [2.05, 4.69) is 20.9 Å². The number of thiazole rings is 1. The van der Waals surface area contributed by atoms with Crippen molar-refractivity contribution >= 4 is 49.7 Å². The summed E-state index contributed by atoms with van der Waals surface area (Å²) < 4.78 is 39.1. The van der Waals surface area contributed by atoms with Crippen LogP contribution in [0.1, 0.15) is 5.56 Å². The van der Waals surface area contributed by atoms with Crippen LogP contribution in [-0.2, 0) is 6.18 Å². The molecule has 0 radical (unpaired) electrons. The van der Waals surface area contributed by atoms with E-state index in [1.54, 1.807) is 6.07 Å². The first-order chi connectivity index (χ1) is 6.88. The van der Waals surface area contributed by atoms with Crippen LogP contribution in [0.25, 0.3) is 10.2 Å². The predicted octanol–water partition coefficient (Wildman–Crippen LogP) is 4.74. The molecule has 0 atom stereocenters. The van der Waals surface area contributed by atoms with E-state index in [9.17, 15) is 13.2 Å². The van der Waals surface area contributed by atoms with Gasteiger partial charge in [-0.3, -0.25) is 0 Å². The Hall–Kier alpha value is -0.400. The average molecular weight is 314 g/mol. The number of aromatic amines is 1. The van der Waals surface area contributed by atoms with Crippen molar-refractivity contribution in [2.45, 2.75) is 6.18 Å². The van der Waals surface area contributed by atoms with E-state index in [0.29, 0.717) is 13.1 Å². The molecule has 7 heteroatoms. The second kappa shape index (κ2) is 3.57. The van der Waals surface area contributed by atoms with Gasteiger partial charge in [-0.2, -0.15) is 13.2 Å². The number of hydrogen-bond donors (Lipinski definition) is 1. The summed E-state index contributed by atoms with van der Waals surface area (Å²) in [6.07, 6.45) is -4.37. The average Bonchev–Trinajstić information content (AvgIpc) is 2.41. The highest BCUT2D eigenvalue weighted by atomic mass is 79.9. The molecule has 0 saturated heterocycles. The molecule has 2 aromatic rings. The first kappa shape index (κ1) is 11.1. The first-order valence-electron chi connectivity index (χ1n) is 3.77. The van der Waals surface area contributed by atoms with Gasteiger partial charge in [-0.15, -0.1) is 11.3 Å². The summed E-state index contributed by atoms with van der Waals surface area (Å²) in [6.45, 7) is 0. The fourth-order valence-electron chi connectivity index (χ4n) is 1.24. The number of H-pyrrole nitrogens is 1. The van der Waals surface area contributed by atoms with Gasteiger partial charge < -0.3 is 4.98 Å². The summed E-state index contributed by atoms with van der Waals surface area (Å²) in [5.74, 6) is 0. The second-order valence-corrected chi connectivity index (χ2v) is 5.47. The van der Waals surface area contributed by atoms with Gasteiger partial charge in [0.25, 0.3) is 0 Å². The van der Waals surface area contributed by atoms with Crippen molar-refractivity contribution in [3.05, 3.63) is 26.1 Å². The van der Waals surface area contributed by atoms with Crippen LogP contribution in [0.3, 0.4) is 0 Å². The fraction of sp³-hybridized carbons (Fsp3) is 0.125. The Morgan fingerprint density at radius 1 is 1.33 bits per heavy atom. The predicted molar refractivity (Wildman–Crippen MR) is 59.7 cm³/mol. The molecule has 15 heavy (non-hydrogen) atoms. The SMILES string of the molecule is FC(F)(F)c1cc(Br)cc2sc(=S)[nH]c12. The lowest BCUT2D eigenvalue weighted by atomic mass is 10.2. The summed E-state index contributed by atoms with van der Waals surface area (Å²) in [4.78, 5) is 2.55. The monoisotopic (exact) mass is 313 g/mol. The van der Waals surface area contributed by atoms with Crippen molar-refractivity contribution in [2.75, 3.05) is 0 Å². The van der Waals surface area contributed by atoms with Gasteiger partial charge in [-0.25, -0.2) is 0 Å². The Morgan fingerprint density at radius 2 is 2.00 bits per heavy atom. The molecular weight excluding hydrogens is 311 g/mol. The molecule has 0 aliphatic heterocycles. The van der Waals surface area contributed by atoms with Gasteiger partial charge in [-0.05, 0) is 24.4 Å². The minimum atomic E-state index is -4.37. The summed E-state index contributed by atoms with van der Waals surface area (Å²) in [5.41, 5.74) is -0.639. The van der Waals surface area contributed by atoms with Gasteiger partial charge in [0.15, 0.2) is 3.95 Å². The van der Waals surface area contributed by atoms with Crippen LogP contribution in [0.4, 0.5) is 13.2 Å². The molecule has 80 valence electrons. The number of alkyl halides is 3. The van der Waals surface area contributed by atoms with E-state index in [0.717, 1.165) is 17.4 Å². The fourth-order valence-corrected chi connectivity index (χ4v) is 3.02. The molecule has 1 nitrogen and oxygen atoms in total. The highest BCUT2D eigenvalue weighted by Crippen LogP contribution is 2.37. The summed E-state index contributed by atoms with van der Waals surface area (Å²) in [5, 5.41) is 0. The van der Waals surface area contributed by atoms with Crippen molar-refractivity contribution < 1.29 is 13.2 Å². The lowest BCUT2D eigenvalue weighted by Gasteiger charge is -2.07. The van der Waals surface area contributed by atoms with Crippen LogP contribution < -0.4 is 0 Å². The van der Waals surface area contributed by atoms with E-state index in [1.807, 2.05) is 0 Å². The molecule has 0 bridgehead atoms. The number of hydrogen-bond acceptors (Lipinski definition) is 2. The van der Waals surface area contributed by atoms with Crippen LogP contribution in [0.2, 0.25) is 0 Å². The molecule has 0 aliphatic carbocycles. The maximum atomic E-state index is 12.6. The van der Waals surface area contributed by atoms with Gasteiger partial charge >= 0.3 is 6.18 Å². The van der Waals surface area contributed by atoms with Gasteiger partial charge in [-0.1, -0.05) is 15.9 Å². The summed E-state index contributed by atoms with van der Waals surface area (Å²) in [7, 11) is 0. The van der Waals surface area contributed by atoms with Gasteiger partial charge in [0, 0.05) is 4.47 Å². The van der Waals surface area contributed by atoms with Crippen molar-refractivity contribution in [2.24, 2.45) is 0 Å². The van der Waals surface area contributed by atoms with Crippen molar-refractivity contribution in [1.82, 2.24) is 4.98 Å². The molecule has 1 aromatic carbocycles. The topological polar surface area (TPSA) is 15.8 Å². The quantitative estimate of drug-likeness (QED) is 0.695. The van der Waals surface area contributed by atoms with E-state index in [1.165, 1.54) is 0 Å². The zero-order valence-electron chi connectivity index (χ0n) is 6.98. The molecule has 0 amide bonds. The van der Waals surface area contributed by atoms with E-state index >= 15 is 0 Å². The Bertz CT molecular complexity index is 569. The lowest BCUT2D eigenvalue weighted by Crippen LogP contribution is -2.05. The number of nitrogens with one attached hydrogen (secondary N) is 1. The zero-order chi connectivity index (χ0) is 11.2. The number of aromatic nitrogens is 1. The van der Waals surface area contributed by atoms with Crippen LogP contribution in [0, 0.1) is 3.95 Å². The van der Waals surface area contributed by atoms with Crippen LogP contribution in [-0.4, -0.2) is 4.98 Å². The molecule has 0 unspecified atom stereocenters. The molecule has 0 aliphatic rings. The Kier molecular flexibility index (Phi) is 2.64. The maximum absolute atomic E-state index is 12.6. The molecule has 0 saturated carbocycles. The van der Waals surface area contributed by atoms with Crippen LogP contribution >= 0.6 is 39.5 Å². The Labute approximate surface area is 100 Å². The minimum absolute atomic E-state index is 0.0562. The van der Waals surface area contributed by atoms with Gasteiger partial charge in [0.2, 0.25) is 0 Å². The summed E-state index contributed by atoms with van der Waals surface area (Å²) >= 11 is 8.99. The van der Waals surface area contributed by atoms with E-state index in [-0.39, 0.29) is 5.52 Å². The van der Waals surface area contributed by atoms with Crippen molar-refractivity contribution in [1.29, 1.82) is 0 Å². The number of rotatable bonds is 0. The van der Waals surface area contributed by atoms with Crippen molar-refractivity contribution in [3.63, 3.8) is 0 Å². The van der Waals surface area contributed by atoms with Crippen LogP contribution in [0.15, 0.2) is 16.6 Å². The molecular formula is C8H3BrF3NS2. The largest absolute Gasteiger partial charge is 0.418 e. The van der Waals surface area contributed by atoms with Crippen molar-refractivity contribution in [3.8, 4) is 0 Å². The van der Waals surface area contributed by atoms with Crippen LogP contribution in [0.5, 0.6) is 0 Å². The highest BCUT2D eigenvalue weighted by Gasteiger charge is 2.33. The molecule has 1 aromatic heterocycles. The van der Waals surface area contributed by atoms with E-state index < -0.39 is 11.7 Å². The zero-order valence-corrected chi connectivity index (χ0v) is 10.2. The second-order valence-electron chi connectivity index (χ2n) is 2.84. The third kappa shape index (κ3) is 2.09. The standard InChI is InChI=1S/C8H3BrF3NS2/c9-3-1-4(8(10,11)12)6-5(2-3)15-7(14)13-6/h1-2H,(H,13,14). The number of fused-ring (bicyclic) bond motifs is 1. The Balaban J connectivity index is 2.88. The maximum Gasteiger partial charge on any atom is 0.418 e.